The molecule has 2 aromatic rings. The highest BCUT2D eigenvalue weighted by Crippen LogP contribution is 2.23. The van der Waals surface area contributed by atoms with E-state index in [1.165, 1.54) is 75.6 Å². The smallest absolute Gasteiger partial charge is 0.294 e. The van der Waals surface area contributed by atoms with Crippen LogP contribution < -0.4 is 5.73 Å². The van der Waals surface area contributed by atoms with Crippen molar-refractivity contribution in [2.45, 2.75) is 94.3 Å². The van der Waals surface area contributed by atoms with Crippen molar-refractivity contribution >= 4 is 25.6 Å². The van der Waals surface area contributed by atoms with Crippen molar-refractivity contribution in [3.63, 3.8) is 0 Å². The van der Waals surface area contributed by atoms with Gasteiger partial charge in [-0.15, -0.1) is 0 Å². The van der Waals surface area contributed by atoms with Crippen LogP contribution >= 0.6 is 0 Å². The second-order valence-electron chi connectivity index (χ2n) is 8.64. The van der Waals surface area contributed by atoms with Gasteiger partial charge in [0.25, 0.3) is 10.1 Å². The van der Waals surface area contributed by atoms with Gasteiger partial charge in [-0.1, -0.05) is 89.8 Å². The number of phenolic OH excluding ortho intramolecular Hbond substituents is 1. The molecule has 0 aromatic heterocycles. The first-order valence-electron chi connectivity index (χ1n) is 12.4. The average molecular weight is 528 g/mol. The molecule has 7 nitrogen and oxygen atoms in total. The minimum Gasteiger partial charge on any atom is -0.506 e. The summed E-state index contributed by atoms with van der Waals surface area (Å²) in [7, 11) is -7.32. The van der Waals surface area contributed by atoms with E-state index in [9.17, 15) is 21.4 Å². The first-order chi connectivity index (χ1) is 16.5. The summed E-state index contributed by atoms with van der Waals surface area (Å²) in [6, 6.07) is 10.6. The number of benzene rings is 2. The van der Waals surface area contributed by atoms with Crippen molar-refractivity contribution in [2.75, 3.05) is 11.5 Å². The van der Waals surface area contributed by atoms with Gasteiger partial charge in [0.05, 0.1) is 21.2 Å². The molecule has 0 spiro atoms. The molecule has 0 saturated carbocycles. The normalized spacial score (nSPS) is 11.6. The Morgan fingerprint density at radius 1 is 0.771 bits per heavy atom. The number of rotatable bonds is 14. The van der Waals surface area contributed by atoms with Crippen LogP contribution in [0.15, 0.2) is 52.3 Å². The number of hydrogen-bond donors (Lipinski definition) is 3. The molecule has 0 saturated heterocycles. The summed E-state index contributed by atoms with van der Waals surface area (Å²) in [5, 5.41) is 9.06. The standard InChI is InChI=1S/C18H30O3S.C8H11NO3S/c1-2-3-4-5-6-7-8-9-10-11-14-17-15-12-13-16-18(17)22(19,20)21;1-2-13(11,12)6-3-4-8(10)7(9)5-6/h12-13,15-16H,2-11,14H2,1H3,(H,19,20,21);3-5,10H,2,9H2,1H3. The fourth-order valence-electron chi connectivity index (χ4n) is 3.66. The van der Waals surface area contributed by atoms with Crippen LogP contribution in [-0.4, -0.2) is 32.2 Å². The van der Waals surface area contributed by atoms with Gasteiger partial charge in [-0.3, -0.25) is 4.55 Å². The number of nitrogens with two attached hydrogens (primary N) is 1. The topological polar surface area (TPSA) is 135 Å². The molecule has 0 unspecified atom stereocenters. The Kier molecular flexibility index (Phi) is 14.0. The van der Waals surface area contributed by atoms with Gasteiger partial charge in [-0.05, 0) is 42.7 Å². The third kappa shape index (κ3) is 11.9. The zero-order chi connectivity index (χ0) is 26.3. The number of aryl methyl sites for hydroxylation is 1. The molecule has 0 heterocycles. The number of aromatic hydroxyl groups is 1. The largest absolute Gasteiger partial charge is 0.506 e. The van der Waals surface area contributed by atoms with Gasteiger partial charge in [-0.25, -0.2) is 8.42 Å². The molecule has 35 heavy (non-hydrogen) atoms. The molecule has 0 aliphatic carbocycles. The third-order valence-corrected chi connectivity index (χ3v) is 8.47. The van der Waals surface area contributed by atoms with Gasteiger partial charge >= 0.3 is 0 Å². The van der Waals surface area contributed by atoms with Crippen molar-refractivity contribution in [1.29, 1.82) is 0 Å². The van der Waals surface area contributed by atoms with E-state index in [0.29, 0.717) is 6.42 Å². The van der Waals surface area contributed by atoms with Gasteiger partial charge in [-0.2, -0.15) is 8.42 Å². The lowest BCUT2D eigenvalue weighted by Crippen LogP contribution is -2.04. The predicted molar refractivity (Wildman–Crippen MR) is 142 cm³/mol. The second-order valence-corrected chi connectivity index (χ2v) is 12.3. The second kappa shape index (κ2) is 15.8. The minimum atomic E-state index is -4.10. The van der Waals surface area contributed by atoms with Crippen LogP contribution in [0.5, 0.6) is 5.75 Å². The molecule has 2 aromatic carbocycles. The maximum Gasteiger partial charge on any atom is 0.294 e. The molecule has 2 rings (SSSR count). The lowest BCUT2D eigenvalue weighted by atomic mass is 10.0. The van der Waals surface area contributed by atoms with Crippen molar-refractivity contribution in [3.8, 4) is 5.75 Å². The Bertz CT molecular complexity index is 1100. The van der Waals surface area contributed by atoms with Crippen molar-refractivity contribution in [2.24, 2.45) is 0 Å². The molecule has 0 bridgehead atoms. The Balaban J connectivity index is 0.000000400. The number of nitrogen functional groups attached to an aromatic ring is 1. The molecule has 0 amide bonds. The fourth-order valence-corrected chi connectivity index (χ4v) is 5.32. The molecular formula is C26H41NO6S2. The average Bonchev–Trinajstić information content (AvgIpc) is 2.82. The summed E-state index contributed by atoms with van der Waals surface area (Å²) >= 11 is 0. The minimum absolute atomic E-state index is 0.0250. The molecule has 0 atom stereocenters. The van der Waals surface area contributed by atoms with Crippen LogP contribution in [0.4, 0.5) is 5.69 Å². The van der Waals surface area contributed by atoms with Gasteiger partial charge in [0.2, 0.25) is 0 Å². The van der Waals surface area contributed by atoms with Crippen molar-refractivity contribution in [1.82, 2.24) is 0 Å². The number of anilines is 1. The Morgan fingerprint density at radius 2 is 1.31 bits per heavy atom. The molecule has 0 radical (unpaired) electrons. The molecule has 0 aliphatic heterocycles. The first-order valence-corrected chi connectivity index (χ1v) is 15.5. The summed E-state index contributed by atoms with van der Waals surface area (Å²) in [6.45, 7) is 3.79. The summed E-state index contributed by atoms with van der Waals surface area (Å²) in [4.78, 5) is 0.205. The SMILES string of the molecule is CCCCCCCCCCCCc1ccccc1S(=O)(=O)O.CCS(=O)(=O)c1ccc(O)c(N)c1. The first kappa shape index (κ1) is 30.9. The van der Waals surface area contributed by atoms with Crippen LogP contribution in [0.1, 0.15) is 83.6 Å². The number of unbranched alkanes of at least 4 members (excludes halogenated alkanes) is 9. The van der Waals surface area contributed by atoms with Gasteiger partial charge < -0.3 is 10.8 Å². The van der Waals surface area contributed by atoms with Crippen LogP contribution in [0.25, 0.3) is 0 Å². The van der Waals surface area contributed by atoms with E-state index in [1.807, 2.05) is 6.07 Å². The number of phenols is 1. The zero-order valence-electron chi connectivity index (χ0n) is 20.9. The maximum absolute atomic E-state index is 11.3. The molecule has 9 heteroatoms. The Morgan fingerprint density at radius 3 is 1.83 bits per heavy atom. The number of hydrogen-bond acceptors (Lipinski definition) is 6. The van der Waals surface area contributed by atoms with Crippen LogP contribution in [0, 0.1) is 0 Å². The van der Waals surface area contributed by atoms with Crippen LogP contribution in [0.3, 0.4) is 0 Å². The van der Waals surface area contributed by atoms with Crippen molar-refractivity contribution < 1.29 is 26.5 Å². The van der Waals surface area contributed by atoms with E-state index in [4.69, 9.17) is 10.8 Å². The third-order valence-electron chi connectivity index (χ3n) is 5.79. The van der Waals surface area contributed by atoms with Gasteiger partial charge in [0.15, 0.2) is 9.84 Å². The van der Waals surface area contributed by atoms with E-state index in [1.54, 1.807) is 19.1 Å². The van der Waals surface area contributed by atoms with E-state index >= 15 is 0 Å². The highest BCUT2D eigenvalue weighted by molar-refractivity contribution is 7.91. The quantitative estimate of drug-likeness (QED) is 0.116. The molecule has 0 aliphatic rings. The van der Waals surface area contributed by atoms with Crippen LogP contribution in [0.2, 0.25) is 0 Å². The number of sulfone groups is 1. The Hall–Kier alpha value is -2.10. The van der Waals surface area contributed by atoms with Gasteiger partial charge in [0.1, 0.15) is 5.75 Å². The monoisotopic (exact) mass is 527 g/mol. The molecule has 198 valence electrons. The highest BCUT2D eigenvalue weighted by Gasteiger charge is 2.14. The van der Waals surface area contributed by atoms with E-state index in [-0.39, 0.29) is 27.0 Å². The fraction of sp³-hybridized carbons (Fsp3) is 0.538. The predicted octanol–water partition coefficient (Wildman–Crippen LogP) is 6.16. The van der Waals surface area contributed by atoms with Crippen LogP contribution in [-0.2, 0) is 26.4 Å². The van der Waals surface area contributed by atoms with E-state index < -0.39 is 20.0 Å². The summed E-state index contributed by atoms with van der Waals surface area (Å²) in [5.74, 6) is -0.0768. The zero-order valence-corrected chi connectivity index (χ0v) is 22.6. The van der Waals surface area contributed by atoms with Gasteiger partial charge in [0, 0.05) is 0 Å². The summed E-state index contributed by atoms with van der Waals surface area (Å²) in [5.41, 5.74) is 6.16. The molecule has 0 fully saturated rings. The maximum atomic E-state index is 11.3. The van der Waals surface area contributed by atoms with E-state index in [2.05, 4.69) is 6.92 Å². The summed E-state index contributed by atoms with van der Waals surface area (Å²) in [6.07, 6.45) is 13.3. The summed E-state index contributed by atoms with van der Waals surface area (Å²) < 4.78 is 54.4. The Labute approximate surface area is 211 Å². The van der Waals surface area contributed by atoms with Crippen molar-refractivity contribution in [3.05, 3.63) is 48.0 Å². The lowest BCUT2D eigenvalue weighted by Gasteiger charge is -2.07. The highest BCUT2D eigenvalue weighted by atomic mass is 32.2. The lowest BCUT2D eigenvalue weighted by molar-refractivity contribution is 0.477. The molecular weight excluding hydrogens is 486 g/mol. The van der Waals surface area contributed by atoms with E-state index in [0.717, 1.165) is 18.4 Å². The molecule has 4 N–H and O–H groups in total.